The number of fused-ring (bicyclic) bond motifs is 1. The lowest BCUT2D eigenvalue weighted by Crippen LogP contribution is -2.53. The van der Waals surface area contributed by atoms with Crippen molar-refractivity contribution in [2.75, 3.05) is 37.4 Å². The van der Waals surface area contributed by atoms with Crippen LogP contribution in [-0.4, -0.2) is 68.8 Å². The van der Waals surface area contributed by atoms with Crippen LogP contribution < -0.4 is 10.2 Å². The van der Waals surface area contributed by atoms with E-state index in [2.05, 4.69) is 20.4 Å². The molecule has 0 spiro atoms. The Labute approximate surface area is 185 Å². The maximum Gasteiger partial charge on any atom is 0.254 e. The normalized spacial score (nSPS) is 13.8. The molecule has 1 aromatic carbocycles. The first-order chi connectivity index (χ1) is 15.5. The van der Waals surface area contributed by atoms with Crippen LogP contribution in [0.2, 0.25) is 0 Å². The summed E-state index contributed by atoms with van der Waals surface area (Å²) in [5.41, 5.74) is 3.97. The molecule has 9 heteroatoms. The summed E-state index contributed by atoms with van der Waals surface area (Å²) in [5.74, 6) is 1.27. The summed E-state index contributed by atoms with van der Waals surface area (Å²) in [5, 5.41) is 17.1. The van der Waals surface area contributed by atoms with Crippen molar-refractivity contribution in [2.45, 2.75) is 6.10 Å². The summed E-state index contributed by atoms with van der Waals surface area (Å²) < 4.78 is 1.73. The number of pyridine rings is 2. The summed E-state index contributed by atoms with van der Waals surface area (Å²) in [6, 6.07) is 15.1. The summed E-state index contributed by atoms with van der Waals surface area (Å²) in [4.78, 5) is 25.1. The maximum absolute atomic E-state index is 12.3. The number of amides is 1. The van der Waals surface area contributed by atoms with Crippen molar-refractivity contribution < 1.29 is 9.90 Å². The topological polar surface area (TPSA) is 98.9 Å². The predicted molar refractivity (Wildman–Crippen MR) is 122 cm³/mol. The van der Waals surface area contributed by atoms with E-state index in [1.165, 1.54) is 0 Å². The number of nitrogens with one attached hydrogen (secondary N) is 1. The van der Waals surface area contributed by atoms with Crippen LogP contribution >= 0.6 is 0 Å². The first kappa shape index (κ1) is 20.0. The van der Waals surface area contributed by atoms with Crippen LogP contribution in [0.5, 0.6) is 0 Å². The van der Waals surface area contributed by atoms with Gasteiger partial charge in [0.05, 0.1) is 6.10 Å². The molecule has 1 saturated heterocycles. The quantitative estimate of drug-likeness (QED) is 0.503. The molecular formula is C23H23N7O2. The minimum atomic E-state index is -0.410. The third-order valence-corrected chi connectivity index (χ3v) is 5.42. The van der Waals surface area contributed by atoms with Crippen LogP contribution in [0, 0.1) is 0 Å². The van der Waals surface area contributed by atoms with Crippen LogP contribution in [0.4, 0.5) is 17.5 Å². The van der Waals surface area contributed by atoms with Crippen molar-refractivity contribution in [1.82, 2.24) is 24.5 Å². The first-order valence-corrected chi connectivity index (χ1v) is 10.3. The Kier molecular flexibility index (Phi) is 4.95. The number of aromatic nitrogens is 4. The van der Waals surface area contributed by atoms with Gasteiger partial charge in [0.1, 0.15) is 5.82 Å². The van der Waals surface area contributed by atoms with Gasteiger partial charge in [0.2, 0.25) is 5.95 Å². The molecule has 1 aliphatic heterocycles. The van der Waals surface area contributed by atoms with Gasteiger partial charge in [0.25, 0.3) is 5.91 Å². The van der Waals surface area contributed by atoms with Crippen LogP contribution in [0.15, 0.2) is 60.9 Å². The third-order valence-electron chi connectivity index (χ3n) is 5.42. The lowest BCUT2D eigenvalue weighted by atomic mass is 10.1. The van der Waals surface area contributed by atoms with Gasteiger partial charge in [-0.3, -0.25) is 4.79 Å². The lowest BCUT2D eigenvalue weighted by molar-refractivity contribution is 0.00590. The van der Waals surface area contributed by atoms with Crippen LogP contribution in [0.1, 0.15) is 10.4 Å². The van der Waals surface area contributed by atoms with Crippen LogP contribution in [0.3, 0.4) is 0 Å². The minimum absolute atomic E-state index is 0.0776. The van der Waals surface area contributed by atoms with E-state index in [1.807, 2.05) is 67.8 Å². The number of anilines is 3. The largest absolute Gasteiger partial charge is 0.389 e. The summed E-state index contributed by atoms with van der Waals surface area (Å²) in [7, 11) is 3.91. The molecule has 1 aliphatic rings. The lowest BCUT2D eigenvalue weighted by Gasteiger charge is -2.35. The van der Waals surface area contributed by atoms with Gasteiger partial charge in [-0.2, -0.15) is 4.98 Å². The first-order valence-electron chi connectivity index (χ1n) is 10.3. The molecule has 3 aromatic heterocycles. The number of carbonyl (C=O) groups excluding carboxylic acids is 1. The van der Waals surface area contributed by atoms with Crippen LogP contribution in [-0.2, 0) is 0 Å². The van der Waals surface area contributed by atoms with Crippen LogP contribution in [0.25, 0.3) is 16.8 Å². The number of β-amino-alcohol motifs (C(OH)–C–C–N with tert-alkyl or cyclic N) is 1. The molecule has 162 valence electrons. The minimum Gasteiger partial charge on any atom is -0.389 e. The zero-order valence-corrected chi connectivity index (χ0v) is 17.8. The number of nitrogens with zero attached hydrogens (tertiary/aromatic N) is 6. The highest BCUT2D eigenvalue weighted by Crippen LogP contribution is 2.26. The highest BCUT2D eigenvalue weighted by atomic mass is 16.3. The van der Waals surface area contributed by atoms with Gasteiger partial charge >= 0.3 is 0 Å². The molecule has 32 heavy (non-hydrogen) atoms. The van der Waals surface area contributed by atoms with E-state index in [9.17, 15) is 9.90 Å². The van der Waals surface area contributed by atoms with E-state index in [1.54, 1.807) is 21.5 Å². The van der Waals surface area contributed by atoms with Gasteiger partial charge in [0, 0.05) is 62.0 Å². The fraction of sp³-hybridized carbons (Fsp3) is 0.217. The average Bonchev–Trinajstić information content (AvgIpc) is 3.19. The van der Waals surface area contributed by atoms with E-state index >= 15 is 0 Å². The number of hydrogen-bond donors (Lipinski definition) is 2. The molecule has 4 aromatic rings. The molecular weight excluding hydrogens is 406 g/mol. The second-order valence-electron chi connectivity index (χ2n) is 7.99. The molecule has 1 amide bonds. The Hall–Kier alpha value is -3.98. The summed E-state index contributed by atoms with van der Waals surface area (Å²) in [6.45, 7) is 0.777. The number of rotatable bonds is 5. The molecule has 2 N–H and O–H groups in total. The van der Waals surface area contributed by atoms with Gasteiger partial charge in [-0.25, -0.2) is 9.50 Å². The van der Waals surface area contributed by atoms with E-state index in [4.69, 9.17) is 0 Å². The van der Waals surface area contributed by atoms with Gasteiger partial charge < -0.3 is 20.2 Å². The van der Waals surface area contributed by atoms with E-state index < -0.39 is 6.10 Å². The molecule has 1 fully saturated rings. The van der Waals surface area contributed by atoms with Crippen molar-refractivity contribution in [3.63, 3.8) is 0 Å². The van der Waals surface area contributed by atoms with Crippen molar-refractivity contribution in [3.05, 3.63) is 66.5 Å². The highest BCUT2D eigenvalue weighted by molar-refractivity contribution is 5.95. The van der Waals surface area contributed by atoms with Gasteiger partial charge in [-0.15, -0.1) is 5.10 Å². The monoisotopic (exact) mass is 429 g/mol. The van der Waals surface area contributed by atoms with Crippen molar-refractivity contribution in [3.8, 4) is 11.1 Å². The van der Waals surface area contributed by atoms with Gasteiger partial charge in [0.15, 0.2) is 5.65 Å². The van der Waals surface area contributed by atoms with Crippen molar-refractivity contribution >= 4 is 29.0 Å². The average molecular weight is 429 g/mol. The Morgan fingerprint density at radius 3 is 2.56 bits per heavy atom. The number of benzene rings is 1. The second kappa shape index (κ2) is 7.93. The van der Waals surface area contributed by atoms with Gasteiger partial charge in [-0.05, 0) is 48.5 Å². The second-order valence-corrected chi connectivity index (χ2v) is 7.99. The number of aliphatic hydroxyl groups is 1. The van der Waals surface area contributed by atoms with Crippen molar-refractivity contribution in [1.29, 1.82) is 0 Å². The Balaban J connectivity index is 1.36. The molecule has 0 bridgehead atoms. The smallest absolute Gasteiger partial charge is 0.254 e. The molecule has 0 radical (unpaired) electrons. The molecule has 5 rings (SSSR count). The SMILES string of the molecule is CN(C)c1ccc(-c2cccn3nc(Nc4ccc(C(=O)N5CC(O)C5)cc4)nc23)cn1. The highest BCUT2D eigenvalue weighted by Gasteiger charge is 2.29. The zero-order chi connectivity index (χ0) is 22.2. The standard InChI is InChI=1S/C23H23N7O2/c1-28(2)20-10-7-16(12-24-20)19-4-3-11-30-21(19)26-23(27-30)25-17-8-5-15(6-9-17)22(32)29-13-18(31)14-29/h3-12,18,31H,13-14H2,1-2H3,(H,25,27). The summed E-state index contributed by atoms with van der Waals surface area (Å²) in [6.07, 6.45) is 3.27. The number of likely N-dealkylation sites (tertiary alicyclic amines) is 1. The fourth-order valence-corrected chi connectivity index (χ4v) is 3.62. The molecule has 0 atom stereocenters. The van der Waals surface area contributed by atoms with Crippen molar-refractivity contribution in [2.24, 2.45) is 0 Å². The molecule has 4 heterocycles. The van der Waals surface area contributed by atoms with E-state index in [0.717, 1.165) is 28.3 Å². The Morgan fingerprint density at radius 1 is 1.12 bits per heavy atom. The number of carbonyl (C=O) groups is 1. The fourth-order valence-electron chi connectivity index (χ4n) is 3.62. The molecule has 0 unspecified atom stereocenters. The number of aliphatic hydroxyl groups excluding tert-OH is 1. The molecule has 0 saturated carbocycles. The maximum atomic E-state index is 12.3. The molecule has 0 aliphatic carbocycles. The third kappa shape index (κ3) is 3.74. The summed E-state index contributed by atoms with van der Waals surface area (Å²) >= 11 is 0. The van der Waals surface area contributed by atoms with E-state index in [0.29, 0.717) is 24.6 Å². The predicted octanol–water partition coefficient (Wildman–Crippen LogP) is 2.42. The Morgan fingerprint density at radius 2 is 1.91 bits per heavy atom. The molecule has 9 nitrogen and oxygen atoms in total. The zero-order valence-electron chi connectivity index (χ0n) is 17.8. The number of hydrogen-bond acceptors (Lipinski definition) is 7. The van der Waals surface area contributed by atoms with E-state index in [-0.39, 0.29) is 5.91 Å². The van der Waals surface area contributed by atoms with Gasteiger partial charge in [-0.1, -0.05) is 0 Å². The Bertz CT molecular complexity index is 1260.